The predicted octanol–water partition coefficient (Wildman–Crippen LogP) is 2.52. The summed E-state index contributed by atoms with van der Waals surface area (Å²) in [5, 5.41) is 0. The molecule has 0 unspecified atom stereocenters. The first-order chi connectivity index (χ1) is 3.42. The Bertz CT molecular complexity index is 59.3. The van der Waals surface area contributed by atoms with Gasteiger partial charge in [0, 0.05) is 0 Å². The molecule has 0 rings (SSSR count). The van der Waals surface area contributed by atoms with Crippen molar-refractivity contribution in [3.05, 3.63) is 0 Å². The van der Waals surface area contributed by atoms with E-state index in [1.54, 1.807) is 0 Å². The van der Waals surface area contributed by atoms with Crippen molar-refractivity contribution in [1.82, 2.24) is 0 Å². The molecule has 0 nitrogen and oxygen atoms in total. The SMILES string of the molecule is [CH3][SnH]([CH3])[CH2]C(C)(C)C. The molecule has 0 atom stereocenters. The van der Waals surface area contributed by atoms with Crippen molar-refractivity contribution in [1.29, 1.82) is 0 Å². The zero-order valence-corrected chi connectivity index (χ0v) is 10.1. The monoisotopic (exact) mass is 222 g/mol. The average molecular weight is 221 g/mol. The summed E-state index contributed by atoms with van der Waals surface area (Å²) in [5.41, 5.74) is 0.615. The molecule has 0 spiro atoms. The Morgan fingerprint density at radius 2 is 1.50 bits per heavy atom. The van der Waals surface area contributed by atoms with Crippen molar-refractivity contribution in [2.45, 2.75) is 35.1 Å². The first kappa shape index (κ1) is 8.80. The van der Waals surface area contributed by atoms with E-state index in [0.29, 0.717) is 5.41 Å². The number of hydrogen-bond acceptors (Lipinski definition) is 0. The van der Waals surface area contributed by atoms with Crippen molar-refractivity contribution >= 4 is 19.8 Å². The molecule has 0 heterocycles. The summed E-state index contributed by atoms with van der Waals surface area (Å²) in [5.74, 6) is 0. The van der Waals surface area contributed by atoms with Gasteiger partial charge in [0.2, 0.25) is 0 Å². The van der Waals surface area contributed by atoms with Gasteiger partial charge in [-0.1, -0.05) is 0 Å². The Balaban J connectivity index is 3.39. The summed E-state index contributed by atoms with van der Waals surface area (Å²) in [4.78, 5) is 4.96. The van der Waals surface area contributed by atoms with Gasteiger partial charge in [0.15, 0.2) is 0 Å². The van der Waals surface area contributed by atoms with E-state index < -0.39 is 19.8 Å². The fourth-order valence-corrected chi connectivity index (χ4v) is 8.22. The average Bonchev–Trinajstić information content (AvgIpc) is 1.21. The maximum atomic E-state index is 2.48. The first-order valence-corrected chi connectivity index (χ1v) is 12.3. The van der Waals surface area contributed by atoms with Gasteiger partial charge >= 0.3 is 60.3 Å². The number of hydrogen-bond donors (Lipinski definition) is 0. The maximum absolute atomic E-state index is 2.48. The van der Waals surface area contributed by atoms with Crippen molar-refractivity contribution in [3.8, 4) is 0 Å². The molecule has 0 N–H and O–H groups in total. The van der Waals surface area contributed by atoms with Gasteiger partial charge in [0.1, 0.15) is 0 Å². The predicted molar refractivity (Wildman–Crippen MR) is 43.1 cm³/mol. The van der Waals surface area contributed by atoms with Crippen LogP contribution in [0.3, 0.4) is 0 Å². The van der Waals surface area contributed by atoms with E-state index >= 15 is 0 Å². The molecular formula is C7H18Sn. The molecule has 1 heteroatoms. The molecule has 0 bridgehead atoms. The molecule has 0 amide bonds. The van der Waals surface area contributed by atoms with Gasteiger partial charge in [0.25, 0.3) is 0 Å². The Morgan fingerprint density at radius 3 is 1.50 bits per heavy atom. The van der Waals surface area contributed by atoms with Crippen LogP contribution in [-0.4, -0.2) is 19.8 Å². The summed E-state index contributed by atoms with van der Waals surface area (Å²) in [6.45, 7) is 7.01. The van der Waals surface area contributed by atoms with E-state index in [1.807, 2.05) is 0 Å². The quantitative estimate of drug-likeness (QED) is 0.596. The van der Waals surface area contributed by atoms with Crippen LogP contribution in [0.5, 0.6) is 0 Å². The topological polar surface area (TPSA) is 0 Å². The second-order valence-corrected chi connectivity index (χ2v) is 13.3. The van der Waals surface area contributed by atoms with E-state index in [1.165, 1.54) is 4.44 Å². The van der Waals surface area contributed by atoms with Gasteiger partial charge < -0.3 is 0 Å². The third-order valence-electron chi connectivity index (χ3n) is 1.02. The minimum atomic E-state index is -0.878. The van der Waals surface area contributed by atoms with Crippen LogP contribution in [-0.2, 0) is 0 Å². The van der Waals surface area contributed by atoms with Crippen molar-refractivity contribution < 1.29 is 0 Å². The van der Waals surface area contributed by atoms with Gasteiger partial charge in [-0.25, -0.2) is 0 Å². The van der Waals surface area contributed by atoms with Crippen LogP contribution >= 0.6 is 0 Å². The summed E-state index contributed by atoms with van der Waals surface area (Å²) < 4.78 is 1.54. The van der Waals surface area contributed by atoms with E-state index in [-0.39, 0.29) is 0 Å². The molecule has 0 radical (unpaired) electrons. The second-order valence-electron chi connectivity index (χ2n) is 4.16. The van der Waals surface area contributed by atoms with Gasteiger partial charge in [-0.05, 0) is 0 Å². The standard InChI is InChI=1S/C5H11.2CH3.Sn.H/c1-5(2,3)4;;;;/h1H2,2-4H3;2*1H3;;. The Kier molecular flexibility index (Phi) is 3.40. The van der Waals surface area contributed by atoms with Crippen LogP contribution in [0.2, 0.25) is 14.3 Å². The molecule has 8 heavy (non-hydrogen) atoms. The molecule has 50 valence electrons. The fraction of sp³-hybridized carbons (Fsp3) is 1.00. The third kappa shape index (κ3) is 6.80. The summed E-state index contributed by atoms with van der Waals surface area (Å²) >= 11 is -0.878. The summed E-state index contributed by atoms with van der Waals surface area (Å²) in [6.07, 6.45) is 0. The van der Waals surface area contributed by atoms with Gasteiger partial charge in [0.05, 0.1) is 0 Å². The van der Waals surface area contributed by atoms with Gasteiger partial charge in [-0.3, -0.25) is 0 Å². The first-order valence-electron chi connectivity index (χ1n) is 3.42. The molecule has 0 aromatic rings. The fourth-order valence-electron chi connectivity index (χ4n) is 1.22. The molecule has 0 saturated carbocycles. The second kappa shape index (κ2) is 3.09. The van der Waals surface area contributed by atoms with Crippen LogP contribution in [0, 0.1) is 5.41 Å². The van der Waals surface area contributed by atoms with Crippen LogP contribution < -0.4 is 0 Å². The van der Waals surface area contributed by atoms with Crippen LogP contribution in [0.4, 0.5) is 0 Å². The van der Waals surface area contributed by atoms with E-state index in [9.17, 15) is 0 Å². The zero-order chi connectivity index (χ0) is 6.78. The summed E-state index contributed by atoms with van der Waals surface area (Å²) in [7, 11) is 0. The van der Waals surface area contributed by atoms with E-state index in [0.717, 1.165) is 0 Å². The summed E-state index contributed by atoms with van der Waals surface area (Å²) in [6, 6.07) is 0. The molecule has 0 saturated heterocycles. The number of rotatable bonds is 1. The van der Waals surface area contributed by atoms with Crippen molar-refractivity contribution in [2.75, 3.05) is 0 Å². The van der Waals surface area contributed by atoms with E-state index in [2.05, 4.69) is 30.7 Å². The van der Waals surface area contributed by atoms with Crippen LogP contribution in [0.15, 0.2) is 0 Å². The molecule has 0 aromatic carbocycles. The zero-order valence-electron chi connectivity index (χ0n) is 6.78. The third-order valence-corrected chi connectivity index (χ3v) is 6.85. The Labute approximate surface area is 60.4 Å². The van der Waals surface area contributed by atoms with Gasteiger partial charge in [-0.2, -0.15) is 0 Å². The Hall–Kier alpha value is 0.799. The molecule has 0 aliphatic carbocycles. The van der Waals surface area contributed by atoms with Gasteiger partial charge in [-0.15, -0.1) is 0 Å². The normalized spacial score (nSPS) is 12.8. The molecule has 0 aromatic heterocycles. The minimum absolute atomic E-state index is 0.615. The van der Waals surface area contributed by atoms with Crippen LogP contribution in [0.25, 0.3) is 0 Å². The molecule has 0 aliphatic rings. The van der Waals surface area contributed by atoms with Crippen molar-refractivity contribution in [3.63, 3.8) is 0 Å². The van der Waals surface area contributed by atoms with Crippen molar-refractivity contribution in [2.24, 2.45) is 5.41 Å². The van der Waals surface area contributed by atoms with Crippen LogP contribution in [0.1, 0.15) is 20.8 Å². The molecular weight excluding hydrogens is 203 g/mol. The Morgan fingerprint density at radius 1 is 1.12 bits per heavy atom. The molecule has 0 fully saturated rings. The van der Waals surface area contributed by atoms with E-state index in [4.69, 9.17) is 0 Å². The molecule has 0 aliphatic heterocycles.